The molecule has 0 bridgehead atoms. The predicted molar refractivity (Wildman–Crippen MR) is 82.8 cm³/mol. The molecule has 122 valence electrons. The third kappa shape index (κ3) is 3.48. The first-order chi connectivity index (χ1) is 10.4. The molecule has 0 aliphatic heterocycles. The van der Waals surface area contributed by atoms with Gasteiger partial charge >= 0.3 is 5.97 Å². The Hall–Kier alpha value is -1.85. The molecule has 1 aromatic heterocycles. The molecule has 6 heteroatoms. The lowest BCUT2D eigenvalue weighted by Gasteiger charge is -2.27. The van der Waals surface area contributed by atoms with E-state index in [-0.39, 0.29) is 11.9 Å². The van der Waals surface area contributed by atoms with E-state index in [1.54, 1.807) is 18.7 Å². The number of rotatable bonds is 3. The first kappa shape index (κ1) is 16.5. The Balaban J connectivity index is 2.17. The quantitative estimate of drug-likeness (QED) is 0.896. The second kappa shape index (κ2) is 6.94. The molecule has 1 aliphatic carbocycles. The van der Waals surface area contributed by atoms with E-state index in [2.05, 4.69) is 10.4 Å². The van der Waals surface area contributed by atoms with Crippen LogP contribution in [0.5, 0.6) is 0 Å². The minimum atomic E-state index is -0.813. The van der Waals surface area contributed by atoms with E-state index in [1.165, 1.54) is 0 Å². The molecule has 1 aliphatic rings. The van der Waals surface area contributed by atoms with Crippen molar-refractivity contribution in [3.05, 3.63) is 17.0 Å². The fourth-order valence-corrected chi connectivity index (χ4v) is 3.30. The number of aryl methyl sites for hydroxylation is 2. The number of nitrogens with one attached hydrogen (secondary N) is 1. The summed E-state index contributed by atoms with van der Waals surface area (Å²) in [6.45, 7) is 3.65. The summed E-state index contributed by atoms with van der Waals surface area (Å²) >= 11 is 0. The molecule has 0 saturated heterocycles. The molecule has 0 aromatic carbocycles. The van der Waals surface area contributed by atoms with Crippen LogP contribution in [-0.4, -0.2) is 32.8 Å². The molecule has 1 amide bonds. The van der Waals surface area contributed by atoms with Crippen LogP contribution in [0.15, 0.2) is 0 Å². The van der Waals surface area contributed by atoms with Crippen LogP contribution in [0.1, 0.15) is 60.3 Å². The Kier molecular flexibility index (Phi) is 5.21. The van der Waals surface area contributed by atoms with Gasteiger partial charge in [0.25, 0.3) is 5.91 Å². The number of aromatic nitrogens is 2. The van der Waals surface area contributed by atoms with Crippen LogP contribution in [0.25, 0.3) is 0 Å². The second-order valence-electron chi connectivity index (χ2n) is 6.19. The van der Waals surface area contributed by atoms with Crippen molar-refractivity contribution >= 4 is 11.9 Å². The van der Waals surface area contributed by atoms with E-state index >= 15 is 0 Å². The van der Waals surface area contributed by atoms with Crippen molar-refractivity contribution < 1.29 is 14.7 Å². The van der Waals surface area contributed by atoms with Crippen molar-refractivity contribution in [2.45, 2.75) is 58.4 Å². The SMILES string of the molecule is Cc1nn(C)c(C)c1C(=O)NC1CCCCCCC1C(=O)O. The van der Waals surface area contributed by atoms with Crippen LogP contribution in [0.4, 0.5) is 0 Å². The monoisotopic (exact) mass is 307 g/mol. The maximum Gasteiger partial charge on any atom is 0.308 e. The molecule has 1 heterocycles. The van der Waals surface area contributed by atoms with E-state index in [9.17, 15) is 14.7 Å². The molecule has 22 heavy (non-hydrogen) atoms. The predicted octanol–water partition coefficient (Wildman–Crippen LogP) is 2.19. The average molecular weight is 307 g/mol. The summed E-state index contributed by atoms with van der Waals surface area (Å²) in [5, 5.41) is 16.7. The van der Waals surface area contributed by atoms with Gasteiger partial charge in [-0.3, -0.25) is 14.3 Å². The smallest absolute Gasteiger partial charge is 0.308 e. The number of nitrogens with zero attached hydrogens (tertiary/aromatic N) is 2. The van der Waals surface area contributed by atoms with Gasteiger partial charge in [-0.05, 0) is 26.7 Å². The summed E-state index contributed by atoms with van der Waals surface area (Å²) in [5.74, 6) is -1.52. The zero-order valence-electron chi connectivity index (χ0n) is 13.6. The Morgan fingerprint density at radius 1 is 1.18 bits per heavy atom. The van der Waals surface area contributed by atoms with Crippen LogP contribution in [-0.2, 0) is 11.8 Å². The molecular formula is C16H25N3O3. The lowest BCUT2D eigenvalue weighted by Crippen LogP contribution is -2.44. The van der Waals surface area contributed by atoms with Crippen LogP contribution in [0.3, 0.4) is 0 Å². The molecule has 0 spiro atoms. The number of carbonyl (C=O) groups excluding carboxylic acids is 1. The van der Waals surface area contributed by atoms with Gasteiger partial charge in [0.1, 0.15) is 0 Å². The third-order valence-corrected chi connectivity index (χ3v) is 4.64. The van der Waals surface area contributed by atoms with Gasteiger partial charge in [0.05, 0.1) is 17.2 Å². The summed E-state index contributed by atoms with van der Waals surface area (Å²) in [5.41, 5.74) is 2.04. The highest BCUT2D eigenvalue weighted by molar-refractivity contribution is 5.96. The van der Waals surface area contributed by atoms with Crippen LogP contribution in [0.2, 0.25) is 0 Å². The molecule has 2 N–H and O–H groups in total. The highest BCUT2D eigenvalue weighted by atomic mass is 16.4. The van der Waals surface area contributed by atoms with E-state index in [0.29, 0.717) is 17.7 Å². The van der Waals surface area contributed by atoms with Gasteiger partial charge in [-0.2, -0.15) is 5.10 Å². The Morgan fingerprint density at radius 2 is 1.82 bits per heavy atom. The average Bonchev–Trinajstić information content (AvgIpc) is 2.66. The van der Waals surface area contributed by atoms with Gasteiger partial charge < -0.3 is 10.4 Å². The minimum Gasteiger partial charge on any atom is -0.481 e. The molecule has 2 unspecified atom stereocenters. The Labute approximate surface area is 130 Å². The molecule has 2 atom stereocenters. The van der Waals surface area contributed by atoms with Crippen molar-refractivity contribution in [1.82, 2.24) is 15.1 Å². The molecule has 1 saturated carbocycles. The van der Waals surface area contributed by atoms with E-state index in [0.717, 1.165) is 37.8 Å². The summed E-state index contributed by atoms with van der Waals surface area (Å²) in [6, 6.07) is -0.302. The lowest BCUT2D eigenvalue weighted by atomic mass is 9.86. The zero-order valence-corrected chi connectivity index (χ0v) is 13.6. The second-order valence-corrected chi connectivity index (χ2v) is 6.19. The molecular weight excluding hydrogens is 282 g/mol. The number of carboxylic acid groups (broad SMARTS) is 1. The number of hydrogen-bond acceptors (Lipinski definition) is 3. The van der Waals surface area contributed by atoms with Crippen molar-refractivity contribution in [1.29, 1.82) is 0 Å². The van der Waals surface area contributed by atoms with Crippen molar-refractivity contribution in [2.24, 2.45) is 13.0 Å². The number of carbonyl (C=O) groups is 2. The molecule has 1 fully saturated rings. The standard InChI is InChI=1S/C16H25N3O3/c1-10-14(11(2)19(3)18-10)15(20)17-13-9-7-5-4-6-8-12(13)16(21)22/h12-13H,4-9H2,1-3H3,(H,17,20)(H,21,22). The van der Waals surface area contributed by atoms with Crippen LogP contribution in [0, 0.1) is 19.8 Å². The highest BCUT2D eigenvalue weighted by Gasteiger charge is 2.31. The third-order valence-electron chi connectivity index (χ3n) is 4.64. The fourth-order valence-electron chi connectivity index (χ4n) is 3.30. The molecule has 6 nitrogen and oxygen atoms in total. The van der Waals surface area contributed by atoms with Gasteiger partial charge in [-0.25, -0.2) is 0 Å². The Bertz CT molecular complexity index is 565. The maximum absolute atomic E-state index is 12.6. The van der Waals surface area contributed by atoms with Gasteiger partial charge in [-0.1, -0.05) is 25.7 Å². The van der Waals surface area contributed by atoms with E-state index in [1.807, 2.05) is 6.92 Å². The maximum atomic E-state index is 12.6. The zero-order chi connectivity index (χ0) is 16.3. The largest absolute Gasteiger partial charge is 0.481 e. The van der Waals surface area contributed by atoms with Gasteiger partial charge in [-0.15, -0.1) is 0 Å². The summed E-state index contributed by atoms with van der Waals surface area (Å²) in [7, 11) is 1.80. The van der Waals surface area contributed by atoms with Gasteiger partial charge in [0.2, 0.25) is 0 Å². The number of carboxylic acids is 1. The minimum absolute atomic E-state index is 0.208. The summed E-state index contributed by atoms with van der Waals surface area (Å²) < 4.78 is 1.68. The summed E-state index contributed by atoms with van der Waals surface area (Å²) in [4.78, 5) is 24.1. The highest BCUT2D eigenvalue weighted by Crippen LogP contribution is 2.24. The molecule has 2 rings (SSSR count). The molecule has 0 radical (unpaired) electrons. The van der Waals surface area contributed by atoms with Crippen molar-refractivity contribution in [3.8, 4) is 0 Å². The van der Waals surface area contributed by atoms with Crippen molar-refractivity contribution in [2.75, 3.05) is 0 Å². The van der Waals surface area contributed by atoms with Crippen LogP contribution < -0.4 is 5.32 Å². The van der Waals surface area contributed by atoms with E-state index < -0.39 is 11.9 Å². The fraction of sp³-hybridized carbons (Fsp3) is 0.688. The van der Waals surface area contributed by atoms with Crippen LogP contribution >= 0.6 is 0 Å². The van der Waals surface area contributed by atoms with Crippen molar-refractivity contribution in [3.63, 3.8) is 0 Å². The Morgan fingerprint density at radius 3 is 2.36 bits per heavy atom. The first-order valence-electron chi connectivity index (χ1n) is 7.95. The number of aliphatic carboxylic acids is 1. The number of amides is 1. The van der Waals surface area contributed by atoms with Gasteiger partial charge in [0, 0.05) is 18.8 Å². The van der Waals surface area contributed by atoms with Gasteiger partial charge in [0.15, 0.2) is 0 Å². The number of hydrogen-bond donors (Lipinski definition) is 2. The first-order valence-corrected chi connectivity index (χ1v) is 7.95. The molecule has 1 aromatic rings. The summed E-state index contributed by atoms with van der Waals surface area (Å²) in [6.07, 6.45) is 5.40. The normalized spacial score (nSPS) is 22.7. The lowest BCUT2D eigenvalue weighted by molar-refractivity contribution is -0.143. The van der Waals surface area contributed by atoms with E-state index in [4.69, 9.17) is 0 Å². The topological polar surface area (TPSA) is 84.2 Å².